The number of carbonyl (C=O) groups excluding carboxylic acids is 2. The van der Waals surface area contributed by atoms with Crippen LogP contribution >= 0.6 is 11.6 Å². The molecule has 0 radical (unpaired) electrons. The predicted molar refractivity (Wildman–Crippen MR) is 105 cm³/mol. The van der Waals surface area contributed by atoms with Crippen molar-refractivity contribution in [2.24, 2.45) is 0 Å². The van der Waals surface area contributed by atoms with Crippen LogP contribution in [0.2, 0.25) is 5.02 Å². The second kappa shape index (κ2) is 8.33. The van der Waals surface area contributed by atoms with Gasteiger partial charge in [-0.15, -0.1) is 0 Å². The molecular formula is C20H16ClN3O3. The molecule has 136 valence electrons. The lowest BCUT2D eigenvalue weighted by Gasteiger charge is -2.10. The van der Waals surface area contributed by atoms with Crippen LogP contribution in [-0.2, 0) is 4.74 Å². The van der Waals surface area contributed by atoms with E-state index in [1.165, 1.54) is 13.3 Å². The van der Waals surface area contributed by atoms with E-state index in [1.807, 2.05) is 18.2 Å². The molecule has 0 bridgehead atoms. The summed E-state index contributed by atoms with van der Waals surface area (Å²) >= 11 is 6.13. The minimum Gasteiger partial charge on any atom is -0.465 e. The Labute approximate surface area is 161 Å². The number of hydrogen-bond donors (Lipinski definition) is 2. The van der Waals surface area contributed by atoms with Gasteiger partial charge < -0.3 is 15.4 Å². The molecule has 1 aromatic heterocycles. The average Bonchev–Trinajstić information content (AvgIpc) is 2.69. The summed E-state index contributed by atoms with van der Waals surface area (Å²) in [6.07, 6.45) is 1.53. The van der Waals surface area contributed by atoms with Gasteiger partial charge in [0.05, 0.1) is 23.4 Å². The number of aromatic nitrogens is 1. The average molecular weight is 382 g/mol. The van der Waals surface area contributed by atoms with Crippen LogP contribution in [0.25, 0.3) is 0 Å². The first kappa shape index (κ1) is 18.4. The summed E-state index contributed by atoms with van der Waals surface area (Å²) in [4.78, 5) is 28.3. The number of pyridine rings is 1. The maximum Gasteiger partial charge on any atom is 0.337 e. The summed E-state index contributed by atoms with van der Waals surface area (Å²) in [5, 5.41) is 6.38. The van der Waals surface area contributed by atoms with Crippen molar-refractivity contribution in [2.75, 3.05) is 17.7 Å². The lowest BCUT2D eigenvalue weighted by atomic mass is 10.2. The lowest BCUT2D eigenvalue weighted by Crippen LogP contribution is -2.13. The Morgan fingerprint density at radius 3 is 2.59 bits per heavy atom. The first-order valence-corrected chi connectivity index (χ1v) is 8.42. The number of nitrogens with zero attached hydrogens (tertiary/aromatic N) is 1. The monoisotopic (exact) mass is 381 g/mol. The molecule has 2 N–H and O–H groups in total. The molecule has 7 heteroatoms. The first-order valence-electron chi connectivity index (χ1n) is 8.04. The summed E-state index contributed by atoms with van der Waals surface area (Å²) in [5.41, 5.74) is 1.93. The van der Waals surface area contributed by atoms with Crippen LogP contribution in [0.15, 0.2) is 66.9 Å². The zero-order chi connectivity index (χ0) is 19.2. The topological polar surface area (TPSA) is 80.3 Å². The van der Waals surface area contributed by atoms with Gasteiger partial charge in [-0.05, 0) is 42.5 Å². The molecule has 3 aromatic rings. The Hall–Kier alpha value is -3.38. The smallest absolute Gasteiger partial charge is 0.337 e. The molecule has 2 aromatic carbocycles. The van der Waals surface area contributed by atoms with Gasteiger partial charge in [0, 0.05) is 17.4 Å². The summed E-state index contributed by atoms with van der Waals surface area (Å²) in [7, 11) is 1.30. The third kappa shape index (κ3) is 4.62. The van der Waals surface area contributed by atoms with Gasteiger partial charge in [0.25, 0.3) is 5.91 Å². The standard InChI is InChI=1S/C20H16ClN3O3/c1-27-20(26)14-5-4-6-15(11-14)23-19(25)13-9-10-22-18(12-13)24-17-8-3-2-7-16(17)21/h2-12H,1H3,(H,22,24)(H,23,25). The summed E-state index contributed by atoms with van der Waals surface area (Å²) in [5.74, 6) is -0.318. The number of anilines is 3. The Morgan fingerprint density at radius 2 is 1.81 bits per heavy atom. The van der Waals surface area contributed by atoms with Gasteiger partial charge in [-0.1, -0.05) is 29.8 Å². The molecule has 0 aliphatic carbocycles. The van der Waals surface area contributed by atoms with E-state index < -0.39 is 5.97 Å². The minimum absolute atomic E-state index is 0.332. The molecule has 0 aliphatic rings. The van der Waals surface area contributed by atoms with E-state index in [9.17, 15) is 9.59 Å². The molecule has 0 saturated carbocycles. The lowest BCUT2D eigenvalue weighted by molar-refractivity contribution is 0.0600. The fraction of sp³-hybridized carbons (Fsp3) is 0.0500. The normalized spacial score (nSPS) is 10.1. The maximum atomic E-state index is 12.5. The van der Waals surface area contributed by atoms with Crippen LogP contribution in [-0.4, -0.2) is 24.0 Å². The van der Waals surface area contributed by atoms with Crippen LogP contribution in [0, 0.1) is 0 Å². The summed E-state index contributed by atoms with van der Waals surface area (Å²) < 4.78 is 4.68. The molecule has 0 saturated heterocycles. The fourth-order valence-corrected chi connectivity index (χ4v) is 2.57. The van der Waals surface area contributed by atoms with E-state index in [1.54, 1.807) is 42.5 Å². The Morgan fingerprint density at radius 1 is 1.00 bits per heavy atom. The van der Waals surface area contributed by atoms with Crippen LogP contribution in [0.5, 0.6) is 0 Å². The van der Waals surface area contributed by atoms with Crippen molar-refractivity contribution in [1.29, 1.82) is 0 Å². The number of hydrogen-bond acceptors (Lipinski definition) is 5. The van der Waals surface area contributed by atoms with E-state index in [-0.39, 0.29) is 5.91 Å². The molecule has 27 heavy (non-hydrogen) atoms. The van der Waals surface area contributed by atoms with Gasteiger partial charge in [0.1, 0.15) is 5.82 Å². The number of benzene rings is 2. The molecule has 6 nitrogen and oxygen atoms in total. The van der Waals surface area contributed by atoms with Crippen LogP contribution in [0.1, 0.15) is 20.7 Å². The van der Waals surface area contributed by atoms with Crippen LogP contribution < -0.4 is 10.6 Å². The number of carbonyl (C=O) groups is 2. The number of methoxy groups -OCH3 is 1. The number of ether oxygens (including phenoxy) is 1. The number of rotatable bonds is 5. The fourth-order valence-electron chi connectivity index (χ4n) is 2.39. The van der Waals surface area contributed by atoms with Crippen molar-refractivity contribution in [3.05, 3.63) is 83.0 Å². The summed E-state index contributed by atoms with van der Waals surface area (Å²) in [6, 6.07) is 17.0. The highest BCUT2D eigenvalue weighted by molar-refractivity contribution is 6.33. The zero-order valence-electron chi connectivity index (χ0n) is 14.4. The van der Waals surface area contributed by atoms with Gasteiger partial charge in [0.15, 0.2) is 0 Å². The second-order valence-corrected chi connectivity index (χ2v) is 5.97. The van der Waals surface area contributed by atoms with Crippen molar-refractivity contribution in [3.8, 4) is 0 Å². The van der Waals surface area contributed by atoms with Gasteiger partial charge in [-0.25, -0.2) is 9.78 Å². The molecule has 0 aliphatic heterocycles. The van der Waals surface area contributed by atoms with E-state index in [4.69, 9.17) is 11.6 Å². The second-order valence-electron chi connectivity index (χ2n) is 5.56. The minimum atomic E-state index is -0.471. The third-order valence-corrected chi connectivity index (χ3v) is 4.03. The molecule has 0 atom stereocenters. The van der Waals surface area contributed by atoms with E-state index in [0.717, 1.165) is 0 Å². The Balaban J connectivity index is 1.76. The highest BCUT2D eigenvalue weighted by atomic mass is 35.5. The molecule has 3 rings (SSSR count). The van der Waals surface area contributed by atoms with Crippen molar-refractivity contribution in [1.82, 2.24) is 4.98 Å². The number of amides is 1. The number of para-hydroxylation sites is 1. The number of halogens is 1. The SMILES string of the molecule is COC(=O)c1cccc(NC(=O)c2ccnc(Nc3ccccc3Cl)c2)c1. The molecular weight excluding hydrogens is 366 g/mol. The maximum absolute atomic E-state index is 12.5. The quantitative estimate of drug-likeness (QED) is 0.635. The summed E-state index contributed by atoms with van der Waals surface area (Å²) in [6.45, 7) is 0. The molecule has 1 amide bonds. The van der Waals surface area contributed by atoms with Crippen molar-refractivity contribution in [3.63, 3.8) is 0 Å². The van der Waals surface area contributed by atoms with Crippen molar-refractivity contribution < 1.29 is 14.3 Å². The van der Waals surface area contributed by atoms with Gasteiger partial charge in [-0.2, -0.15) is 0 Å². The Bertz CT molecular complexity index is 991. The highest BCUT2D eigenvalue weighted by Crippen LogP contribution is 2.24. The van der Waals surface area contributed by atoms with Gasteiger partial charge in [-0.3, -0.25) is 4.79 Å². The molecule has 0 fully saturated rings. The largest absolute Gasteiger partial charge is 0.465 e. The highest BCUT2D eigenvalue weighted by Gasteiger charge is 2.11. The van der Waals surface area contributed by atoms with E-state index in [0.29, 0.717) is 33.3 Å². The van der Waals surface area contributed by atoms with Crippen LogP contribution in [0.4, 0.5) is 17.2 Å². The van der Waals surface area contributed by atoms with E-state index >= 15 is 0 Å². The van der Waals surface area contributed by atoms with Gasteiger partial charge in [0.2, 0.25) is 0 Å². The third-order valence-electron chi connectivity index (χ3n) is 3.70. The molecule has 0 unspecified atom stereocenters. The first-order chi connectivity index (χ1) is 13.1. The van der Waals surface area contributed by atoms with Crippen molar-refractivity contribution >= 4 is 40.7 Å². The molecule has 1 heterocycles. The van der Waals surface area contributed by atoms with Gasteiger partial charge >= 0.3 is 5.97 Å². The van der Waals surface area contributed by atoms with Crippen LogP contribution in [0.3, 0.4) is 0 Å². The Kier molecular flexibility index (Phi) is 5.68. The van der Waals surface area contributed by atoms with Crippen molar-refractivity contribution in [2.45, 2.75) is 0 Å². The number of nitrogens with one attached hydrogen (secondary N) is 2. The van der Waals surface area contributed by atoms with E-state index in [2.05, 4.69) is 20.4 Å². The molecule has 0 spiro atoms. The number of esters is 1. The zero-order valence-corrected chi connectivity index (χ0v) is 15.2. The predicted octanol–water partition coefficient (Wildman–Crippen LogP) is 4.52.